The molecule has 2 aromatic rings. The number of nitrogens with one attached hydrogen (secondary N) is 1. The van der Waals surface area contributed by atoms with Crippen LogP contribution in [0.25, 0.3) is 0 Å². The average molecular weight is 326 g/mol. The molecule has 0 saturated heterocycles. The van der Waals surface area contributed by atoms with Gasteiger partial charge in [-0.05, 0) is 17.7 Å². The van der Waals surface area contributed by atoms with Gasteiger partial charge in [0.1, 0.15) is 5.56 Å². The van der Waals surface area contributed by atoms with E-state index < -0.39 is 28.5 Å². The van der Waals surface area contributed by atoms with Crippen LogP contribution in [0.15, 0.2) is 48.5 Å². The van der Waals surface area contributed by atoms with Gasteiger partial charge < -0.3 is 10.4 Å². The molecule has 122 valence electrons. The maximum Gasteiger partial charge on any atom is 0.423 e. The fourth-order valence-corrected chi connectivity index (χ4v) is 2.04. The minimum Gasteiger partial charge on any atom is -0.387 e. The summed E-state index contributed by atoms with van der Waals surface area (Å²) in [4.78, 5) is 9.60. The summed E-state index contributed by atoms with van der Waals surface area (Å²) in [5.41, 5.74) is -1.69. The van der Waals surface area contributed by atoms with E-state index in [1.54, 1.807) is 30.3 Å². The zero-order valence-electron chi connectivity index (χ0n) is 11.7. The van der Waals surface area contributed by atoms with Crippen LogP contribution in [0, 0.1) is 10.1 Å². The number of aliphatic hydroxyl groups excluding tert-OH is 1. The predicted molar refractivity (Wildman–Crippen MR) is 78.0 cm³/mol. The lowest BCUT2D eigenvalue weighted by Gasteiger charge is -2.14. The van der Waals surface area contributed by atoms with E-state index >= 15 is 0 Å². The molecule has 23 heavy (non-hydrogen) atoms. The van der Waals surface area contributed by atoms with Crippen molar-refractivity contribution in [3.8, 4) is 0 Å². The zero-order chi connectivity index (χ0) is 17.0. The first-order valence-corrected chi connectivity index (χ1v) is 6.61. The largest absolute Gasteiger partial charge is 0.423 e. The summed E-state index contributed by atoms with van der Waals surface area (Å²) in [6, 6.07) is 11.2. The molecule has 5 nitrogen and oxygen atoms in total. The monoisotopic (exact) mass is 326 g/mol. The summed E-state index contributed by atoms with van der Waals surface area (Å²) in [6.45, 7) is -0.0286. The van der Waals surface area contributed by atoms with Gasteiger partial charge in [-0.1, -0.05) is 30.3 Å². The number of anilines is 1. The van der Waals surface area contributed by atoms with Crippen molar-refractivity contribution >= 4 is 11.4 Å². The third kappa shape index (κ3) is 4.19. The number of nitro benzene ring substituents is 1. The number of aliphatic hydroxyl groups is 1. The molecule has 2 N–H and O–H groups in total. The second-order valence-electron chi connectivity index (χ2n) is 4.79. The Labute approximate surface area is 129 Å². The van der Waals surface area contributed by atoms with Crippen LogP contribution in [0.2, 0.25) is 0 Å². The summed E-state index contributed by atoms with van der Waals surface area (Å²) in [7, 11) is 0. The van der Waals surface area contributed by atoms with Crippen LogP contribution in [0.4, 0.5) is 24.5 Å². The second-order valence-corrected chi connectivity index (χ2v) is 4.79. The molecule has 2 rings (SSSR count). The number of benzene rings is 2. The van der Waals surface area contributed by atoms with Crippen molar-refractivity contribution < 1.29 is 23.2 Å². The van der Waals surface area contributed by atoms with E-state index in [0.29, 0.717) is 11.6 Å². The highest BCUT2D eigenvalue weighted by molar-refractivity contribution is 5.55. The Morgan fingerprint density at radius 1 is 1.17 bits per heavy atom. The molecule has 0 amide bonds. The van der Waals surface area contributed by atoms with Crippen molar-refractivity contribution in [2.24, 2.45) is 0 Å². The van der Waals surface area contributed by atoms with Gasteiger partial charge in [0.25, 0.3) is 5.69 Å². The van der Waals surface area contributed by atoms with Gasteiger partial charge in [0.05, 0.1) is 11.0 Å². The van der Waals surface area contributed by atoms with Gasteiger partial charge in [0.15, 0.2) is 0 Å². The Kier molecular flexibility index (Phi) is 4.85. The first-order chi connectivity index (χ1) is 10.8. The first kappa shape index (κ1) is 16.8. The van der Waals surface area contributed by atoms with Gasteiger partial charge in [0.2, 0.25) is 0 Å². The molecule has 1 atom stereocenters. The second kappa shape index (κ2) is 6.66. The molecule has 0 aliphatic carbocycles. The van der Waals surface area contributed by atoms with Crippen LogP contribution in [-0.4, -0.2) is 16.6 Å². The maximum absolute atomic E-state index is 12.9. The molecule has 2 aromatic carbocycles. The van der Waals surface area contributed by atoms with E-state index in [1.165, 1.54) is 6.07 Å². The van der Waals surface area contributed by atoms with Crippen molar-refractivity contribution in [1.29, 1.82) is 0 Å². The minimum atomic E-state index is -4.84. The maximum atomic E-state index is 12.9. The number of nitrogens with zero attached hydrogens (tertiary/aromatic N) is 1. The third-order valence-corrected chi connectivity index (χ3v) is 3.18. The van der Waals surface area contributed by atoms with Gasteiger partial charge in [-0.3, -0.25) is 10.1 Å². The van der Waals surface area contributed by atoms with Crippen LogP contribution in [0.3, 0.4) is 0 Å². The lowest BCUT2D eigenvalue weighted by molar-refractivity contribution is -0.388. The molecule has 0 heterocycles. The number of hydrogen-bond donors (Lipinski definition) is 2. The molecule has 0 saturated carbocycles. The Balaban J connectivity index is 2.16. The van der Waals surface area contributed by atoms with Gasteiger partial charge in [-0.2, -0.15) is 13.2 Å². The van der Waals surface area contributed by atoms with Crippen LogP contribution < -0.4 is 5.32 Å². The van der Waals surface area contributed by atoms with E-state index in [-0.39, 0.29) is 12.2 Å². The zero-order valence-corrected chi connectivity index (χ0v) is 11.7. The molecule has 0 spiro atoms. The van der Waals surface area contributed by atoms with E-state index in [1.807, 2.05) is 0 Å². The standard InChI is InChI=1S/C15H13F3N2O3/c16-15(17,18)12-8-11(6-7-13(12)20(22)23)19-9-14(21)10-4-2-1-3-5-10/h1-8,14,19,21H,9H2. The highest BCUT2D eigenvalue weighted by atomic mass is 19.4. The lowest BCUT2D eigenvalue weighted by atomic mass is 10.1. The van der Waals surface area contributed by atoms with Gasteiger partial charge >= 0.3 is 6.18 Å². The molecule has 8 heteroatoms. The Morgan fingerprint density at radius 2 is 1.83 bits per heavy atom. The average Bonchev–Trinajstić information content (AvgIpc) is 2.52. The molecule has 0 radical (unpaired) electrons. The summed E-state index contributed by atoms with van der Waals surface area (Å²) in [5.74, 6) is 0. The summed E-state index contributed by atoms with van der Waals surface area (Å²) in [5, 5.41) is 23.3. The Morgan fingerprint density at radius 3 is 2.39 bits per heavy atom. The quantitative estimate of drug-likeness (QED) is 0.648. The molecule has 0 fully saturated rings. The van der Waals surface area contributed by atoms with Crippen LogP contribution in [-0.2, 0) is 6.18 Å². The molecule has 1 unspecified atom stereocenters. The Hall–Kier alpha value is -2.61. The van der Waals surface area contributed by atoms with Crippen molar-refractivity contribution in [3.05, 3.63) is 69.8 Å². The van der Waals surface area contributed by atoms with Gasteiger partial charge in [-0.15, -0.1) is 0 Å². The van der Waals surface area contributed by atoms with E-state index in [0.717, 1.165) is 6.07 Å². The number of rotatable bonds is 5. The van der Waals surface area contributed by atoms with E-state index in [9.17, 15) is 28.4 Å². The number of nitro groups is 1. The topological polar surface area (TPSA) is 75.4 Å². The van der Waals surface area contributed by atoms with Crippen LogP contribution in [0.5, 0.6) is 0 Å². The smallest absolute Gasteiger partial charge is 0.387 e. The minimum absolute atomic E-state index is 0.0286. The lowest BCUT2D eigenvalue weighted by Crippen LogP contribution is -2.14. The number of hydrogen-bond acceptors (Lipinski definition) is 4. The molecular weight excluding hydrogens is 313 g/mol. The summed E-state index contributed by atoms with van der Waals surface area (Å²) < 4.78 is 38.6. The highest BCUT2D eigenvalue weighted by Crippen LogP contribution is 2.37. The van der Waals surface area contributed by atoms with Crippen LogP contribution >= 0.6 is 0 Å². The van der Waals surface area contributed by atoms with Gasteiger partial charge in [0, 0.05) is 18.3 Å². The molecule has 0 bridgehead atoms. The molecule has 0 aromatic heterocycles. The fourth-order valence-electron chi connectivity index (χ4n) is 2.04. The van der Waals surface area contributed by atoms with E-state index in [2.05, 4.69) is 5.32 Å². The fraction of sp³-hybridized carbons (Fsp3) is 0.200. The third-order valence-electron chi connectivity index (χ3n) is 3.18. The summed E-state index contributed by atoms with van der Waals surface area (Å²) >= 11 is 0. The van der Waals surface area contributed by atoms with Crippen molar-refractivity contribution in [2.75, 3.05) is 11.9 Å². The summed E-state index contributed by atoms with van der Waals surface area (Å²) in [6.07, 6.45) is -5.75. The normalized spacial score (nSPS) is 12.7. The molecule has 0 aliphatic rings. The highest BCUT2D eigenvalue weighted by Gasteiger charge is 2.38. The van der Waals surface area contributed by atoms with Crippen molar-refractivity contribution in [1.82, 2.24) is 0 Å². The van der Waals surface area contributed by atoms with E-state index in [4.69, 9.17) is 0 Å². The number of halogens is 3. The number of alkyl halides is 3. The SMILES string of the molecule is O=[N+]([O-])c1ccc(NCC(O)c2ccccc2)cc1C(F)(F)F. The van der Waals surface area contributed by atoms with Crippen molar-refractivity contribution in [3.63, 3.8) is 0 Å². The first-order valence-electron chi connectivity index (χ1n) is 6.61. The van der Waals surface area contributed by atoms with Crippen LogP contribution in [0.1, 0.15) is 17.2 Å². The van der Waals surface area contributed by atoms with Crippen molar-refractivity contribution in [2.45, 2.75) is 12.3 Å². The molecule has 0 aliphatic heterocycles. The molecular formula is C15H13F3N2O3. The van der Waals surface area contributed by atoms with Gasteiger partial charge in [-0.25, -0.2) is 0 Å². The predicted octanol–water partition coefficient (Wildman–Crippen LogP) is 3.76. The Bertz CT molecular complexity index is 690.